The number of hydrogen-bond donors (Lipinski definition) is 1. The molecule has 2 aromatic rings. The molecule has 0 radical (unpaired) electrons. The normalized spacial score (nSPS) is 10.4. The van der Waals surface area contributed by atoms with E-state index in [1.807, 2.05) is 6.92 Å². The fraction of sp³-hybridized carbons (Fsp3) is 0.0714. The molecule has 0 unspecified atom stereocenters. The highest BCUT2D eigenvalue weighted by Crippen LogP contribution is 2.27. The molecular formula is C14H10ClFO2. The van der Waals surface area contributed by atoms with Crippen LogP contribution < -0.4 is 0 Å². The summed E-state index contributed by atoms with van der Waals surface area (Å²) in [6.45, 7) is 1.86. The predicted molar refractivity (Wildman–Crippen MR) is 68.5 cm³/mol. The van der Waals surface area contributed by atoms with Crippen LogP contribution in [-0.2, 0) is 0 Å². The molecule has 2 aromatic carbocycles. The Morgan fingerprint density at radius 3 is 2.50 bits per heavy atom. The molecule has 4 heteroatoms. The molecule has 0 heterocycles. The van der Waals surface area contributed by atoms with E-state index < -0.39 is 11.8 Å². The van der Waals surface area contributed by atoms with Crippen molar-refractivity contribution in [2.24, 2.45) is 0 Å². The molecule has 0 saturated heterocycles. The molecule has 0 bridgehead atoms. The summed E-state index contributed by atoms with van der Waals surface area (Å²) < 4.78 is 13.8. The van der Waals surface area contributed by atoms with Crippen LogP contribution in [0.2, 0.25) is 5.02 Å². The lowest BCUT2D eigenvalue weighted by Gasteiger charge is -2.06. The third-order valence-corrected chi connectivity index (χ3v) is 3.11. The number of aryl methyl sites for hydroxylation is 1. The maximum absolute atomic E-state index is 13.8. The number of halogens is 2. The number of hydrogen-bond acceptors (Lipinski definition) is 1. The second-order valence-corrected chi connectivity index (χ2v) is 4.37. The van der Waals surface area contributed by atoms with Gasteiger partial charge in [-0.05, 0) is 36.2 Å². The molecule has 0 aliphatic heterocycles. The zero-order valence-electron chi connectivity index (χ0n) is 9.58. The zero-order valence-corrected chi connectivity index (χ0v) is 10.3. The number of aromatic carboxylic acids is 1. The van der Waals surface area contributed by atoms with Gasteiger partial charge < -0.3 is 5.11 Å². The lowest BCUT2D eigenvalue weighted by Crippen LogP contribution is -1.97. The van der Waals surface area contributed by atoms with Gasteiger partial charge in [-0.25, -0.2) is 9.18 Å². The summed E-state index contributed by atoms with van der Waals surface area (Å²) in [5.41, 5.74) is 1.79. The SMILES string of the molecule is Cc1ccc(-c2ccc(C(=O)O)cc2F)cc1Cl. The number of rotatable bonds is 2. The number of carboxylic acid groups (broad SMARTS) is 1. The van der Waals surface area contributed by atoms with Gasteiger partial charge in [0, 0.05) is 10.6 Å². The second kappa shape index (κ2) is 4.78. The monoisotopic (exact) mass is 264 g/mol. The Labute approximate surface area is 109 Å². The highest BCUT2D eigenvalue weighted by molar-refractivity contribution is 6.31. The van der Waals surface area contributed by atoms with E-state index in [2.05, 4.69) is 0 Å². The molecule has 0 saturated carbocycles. The first-order valence-electron chi connectivity index (χ1n) is 5.28. The molecule has 2 nitrogen and oxygen atoms in total. The summed E-state index contributed by atoms with van der Waals surface area (Å²) in [6.07, 6.45) is 0. The van der Waals surface area contributed by atoms with Gasteiger partial charge in [-0.2, -0.15) is 0 Å². The van der Waals surface area contributed by atoms with Crippen molar-refractivity contribution in [3.8, 4) is 11.1 Å². The van der Waals surface area contributed by atoms with E-state index in [1.54, 1.807) is 18.2 Å². The zero-order chi connectivity index (χ0) is 13.3. The molecule has 0 amide bonds. The van der Waals surface area contributed by atoms with Crippen LogP contribution in [-0.4, -0.2) is 11.1 Å². The predicted octanol–water partition coefficient (Wildman–Crippen LogP) is 4.15. The van der Waals surface area contributed by atoms with Gasteiger partial charge in [0.2, 0.25) is 0 Å². The average molecular weight is 265 g/mol. The largest absolute Gasteiger partial charge is 0.478 e. The Morgan fingerprint density at radius 1 is 1.22 bits per heavy atom. The fourth-order valence-electron chi connectivity index (χ4n) is 1.64. The lowest BCUT2D eigenvalue weighted by molar-refractivity contribution is 0.0696. The van der Waals surface area contributed by atoms with Crippen LogP contribution in [0, 0.1) is 12.7 Å². The number of carbonyl (C=O) groups is 1. The van der Waals surface area contributed by atoms with Gasteiger partial charge >= 0.3 is 5.97 Å². The first kappa shape index (κ1) is 12.6. The van der Waals surface area contributed by atoms with E-state index in [1.165, 1.54) is 12.1 Å². The number of carboxylic acids is 1. The van der Waals surface area contributed by atoms with Crippen molar-refractivity contribution in [3.63, 3.8) is 0 Å². The Bertz CT molecular complexity index is 623. The Hall–Kier alpha value is -1.87. The number of benzene rings is 2. The van der Waals surface area contributed by atoms with E-state index in [4.69, 9.17) is 16.7 Å². The molecule has 0 atom stereocenters. The molecule has 2 rings (SSSR count). The summed E-state index contributed by atoms with van der Waals surface area (Å²) in [5, 5.41) is 9.31. The molecule has 0 spiro atoms. The van der Waals surface area contributed by atoms with Gasteiger partial charge in [0.1, 0.15) is 5.82 Å². The minimum atomic E-state index is -1.15. The molecule has 0 fully saturated rings. The van der Waals surface area contributed by atoms with Gasteiger partial charge in [0.05, 0.1) is 5.56 Å². The highest BCUT2D eigenvalue weighted by Gasteiger charge is 2.10. The molecule has 18 heavy (non-hydrogen) atoms. The third-order valence-electron chi connectivity index (χ3n) is 2.70. The van der Waals surface area contributed by atoms with E-state index in [9.17, 15) is 9.18 Å². The summed E-state index contributed by atoms with van der Waals surface area (Å²) in [7, 11) is 0. The van der Waals surface area contributed by atoms with Crippen LogP contribution in [0.5, 0.6) is 0 Å². The van der Waals surface area contributed by atoms with Gasteiger partial charge in [0.15, 0.2) is 0 Å². The average Bonchev–Trinajstić information content (AvgIpc) is 2.32. The van der Waals surface area contributed by atoms with Crippen molar-refractivity contribution in [3.05, 3.63) is 58.4 Å². The minimum absolute atomic E-state index is 0.0746. The minimum Gasteiger partial charge on any atom is -0.478 e. The van der Waals surface area contributed by atoms with Crippen molar-refractivity contribution < 1.29 is 14.3 Å². The van der Waals surface area contributed by atoms with Gasteiger partial charge in [0.25, 0.3) is 0 Å². The summed E-state index contributed by atoms with van der Waals surface area (Å²) in [5.74, 6) is -1.72. The van der Waals surface area contributed by atoms with Crippen molar-refractivity contribution >= 4 is 17.6 Å². The van der Waals surface area contributed by atoms with Crippen LogP contribution in [0.25, 0.3) is 11.1 Å². The first-order valence-corrected chi connectivity index (χ1v) is 5.66. The van der Waals surface area contributed by atoms with Crippen LogP contribution in [0.1, 0.15) is 15.9 Å². The maximum atomic E-state index is 13.8. The standard InChI is InChI=1S/C14H10ClFO2/c1-8-2-3-9(6-12(8)15)11-5-4-10(14(17)18)7-13(11)16/h2-7H,1H3,(H,17,18). The van der Waals surface area contributed by atoms with Gasteiger partial charge in [-0.1, -0.05) is 29.8 Å². The summed E-state index contributed by atoms with van der Waals surface area (Å²) >= 11 is 5.98. The van der Waals surface area contributed by atoms with Gasteiger partial charge in [-0.15, -0.1) is 0 Å². The summed E-state index contributed by atoms with van der Waals surface area (Å²) in [6, 6.07) is 9.03. The molecule has 0 aliphatic carbocycles. The maximum Gasteiger partial charge on any atom is 0.335 e. The van der Waals surface area contributed by atoms with Crippen molar-refractivity contribution in [2.75, 3.05) is 0 Å². The van der Waals surface area contributed by atoms with Gasteiger partial charge in [-0.3, -0.25) is 0 Å². The van der Waals surface area contributed by atoms with E-state index >= 15 is 0 Å². The fourth-order valence-corrected chi connectivity index (χ4v) is 1.82. The Kier molecular flexibility index (Phi) is 3.34. The molecule has 1 N–H and O–H groups in total. The summed E-state index contributed by atoms with van der Waals surface area (Å²) in [4.78, 5) is 10.7. The Morgan fingerprint density at radius 2 is 1.94 bits per heavy atom. The molecular weight excluding hydrogens is 255 g/mol. The smallest absolute Gasteiger partial charge is 0.335 e. The highest BCUT2D eigenvalue weighted by atomic mass is 35.5. The quantitative estimate of drug-likeness (QED) is 0.885. The van der Waals surface area contributed by atoms with Crippen LogP contribution >= 0.6 is 11.6 Å². The molecule has 92 valence electrons. The molecule has 0 aromatic heterocycles. The second-order valence-electron chi connectivity index (χ2n) is 3.96. The van der Waals surface area contributed by atoms with Crippen LogP contribution in [0.4, 0.5) is 4.39 Å². The van der Waals surface area contributed by atoms with E-state index in [-0.39, 0.29) is 5.56 Å². The molecule has 0 aliphatic rings. The van der Waals surface area contributed by atoms with Crippen LogP contribution in [0.15, 0.2) is 36.4 Å². The topological polar surface area (TPSA) is 37.3 Å². The van der Waals surface area contributed by atoms with Crippen molar-refractivity contribution in [2.45, 2.75) is 6.92 Å². The lowest BCUT2D eigenvalue weighted by atomic mass is 10.0. The third kappa shape index (κ3) is 2.36. The van der Waals surface area contributed by atoms with Crippen LogP contribution in [0.3, 0.4) is 0 Å². The van der Waals surface area contributed by atoms with Crippen molar-refractivity contribution in [1.82, 2.24) is 0 Å². The first-order chi connectivity index (χ1) is 8.49. The Balaban J connectivity index is 2.51. The van der Waals surface area contributed by atoms with Crippen molar-refractivity contribution in [1.29, 1.82) is 0 Å². The van der Waals surface area contributed by atoms with E-state index in [0.29, 0.717) is 16.1 Å². The van der Waals surface area contributed by atoms with E-state index in [0.717, 1.165) is 11.6 Å².